The molecular formula is C25H32F2N6O2. The van der Waals surface area contributed by atoms with Crippen LogP contribution < -0.4 is 11.1 Å². The standard InChI is InChI=1S/C25H32F2N6O2/c26-25(27,19-3-1-2-12-30-19)7-6-18(21(34)31-24(15-28)8-9-24)20-23(16-33(20)22(29)35)10-13-32(14-11-23)17-4-5-17/h1-3,12,17-18,20H,4-11,13-14,16H2,(H2,29,35)(H,31,34)/t18-,20?/m0/s1. The minimum Gasteiger partial charge on any atom is -0.351 e. The van der Waals surface area contributed by atoms with Crippen molar-refractivity contribution >= 4 is 11.9 Å². The smallest absolute Gasteiger partial charge is 0.315 e. The summed E-state index contributed by atoms with van der Waals surface area (Å²) < 4.78 is 30.1. The van der Waals surface area contributed by atoms with Crippen molar-refractivity contribution in [3.63, 3.8) is 0 Å². The molecule has 5 rings (SSSR count). The first kappa shape index (κ1) is 23.9. The molecule has 1 unspecified atom stereocenters. The summed E-state index contributed by atoms with van der Waals surface area (Å²) in [6, 6.07) is 5.92. The lowest BCUT2D eigenvalue weighted by molar-refractivity contribution is -0.146. The van der Waals surface area contributed by atoms with E-state index in [2.05, 4.69) is 21.3 Å². The van der Waals surface area contributed by atoms with Crippen molar-refractivity contribution in [2.45, 2.75) is 74.9 Å². The van der Waals surface area contributed by atoms with Crippen molar-refractivity contribution in [3.05, 3.63) is 30.1 Å². The first-order chi connectivity index (χ1) is 16.7. The molecule has 10 heteroatoms. The number of likely N-dealkylation sites (tertiary alicyclic amines) is 2. The summed E-state index contributed by atoms with van der Waals surface area (Å²) in [4.78, 5) is 33.5. The van der Waals surface area contributed by atoms with Gasteiger partial charge in [-0.25, -0.2) is 4.79 Å². The lowest BCUT2D eigenvalue weighted by Crippen LogP contribution is -2.73. The zero-order valence-corrected chi connectivity index (χ0v) is 19.8. The van der Waals surface area contributed by atoms with Gasteiger partial charge in [-0.15, -0.1) is 0 Å². The summed E-state index contributed by atoms with van der Waals surface area (Å²) in [6.07, 6.45) is 5.66. The average Bonchev–Trinajstić information content (AvgIpc) is 3.77. The number of carbonyl (C=O) groups excluding carboxylic acids is 2. The van der Waals surface area contributed by atoms with Crippen LogP contribution in [0.1, 0.15) is 57.1 Å². The lowest BCUT2D eigenvalue weighted by atomic mass is 9.60. The van der Waals surface area contributed by atoms with Gasteiger partial charge in [-0.3, -0.25) is 9.78 Å². The zero-order valence-electron chi connectivity index (χ0n) is 19.8. The Bertz CT molecular complexity index is 1010. The monoisotopic (exact) mass is 486 g/mol. The number of halogens is 2. The fourth-order valence-corrected chi connectivity index (χ4v) is 6.03. The molecule has 0 radical (unpaired) electrons. The van der Waals surface area contributed by atoms with Gasteiger partial charge in [-0.2, -0.15) is 14.0 Å². The van der Waals surface area contributed by atoms with Crippen LogP contribution in [0.25, 0.3) is 0 Å². The molecule has 35 heavy (non-hydrogen) atoms. The van der Waals surface area contributed by atoms with Gasteiger partial charge in [-0.05, 0) is 70.2 Å². The molecule has 1 aromatic rings. The number of urea groups is 1. The number of pyridine rings is 1. The van der Waals surface area contributed by atoms with E-state index in [0.717, 1.165) is 25.9 Å². The van der Waals surface area contributed by atoms with Gasteiger partial charge in [0.15, 0.2) is 0 Å². The number of carbonyl (C=O) groups is 2. The van der Waals surface area contributed by atoms with Crippen LogP contribution in [0.15, 0.2) is 24.4 Å². The van der Waals surface area contributed by atoms with Gasteiger partial charge in [0.1, 0.15) is 11.2 Å². The Morgan fingerprint density at radius 2 is 1.97 bits per heavy atom. The Labute approximate surface area is 203 Å². The maximum Gasteiger partial charge on any atom is 0.315 e. The maximum absolute atomic E-state index is 15.1. The van der Waals surface area contributed by atoms with E-state index in [9.17, 15) is 14.9 Å². The third-order valence-corrected chi connectivity index (χ3v) is 8.44. The number of aromatic nitrogens is 1. The number of nitrogens with zero attached hydrogens (tertiary/aromatic N) is 4. The fourth-order valence-electron chi connectivity index (χ4n) is 6.03. The molecule has 1 spiro atoms. The Balaban J connectivity index is 1.39. The molecule has 2 aliphatic heterocycles. The zero-order chi connectivity index (χ0) is 24.8. The van der Waals surface area contributed by atoms with Crippen molar-refractivity contribution in [3.8, 4) is 6.07 Å². The number of amides is 3. The van der Waals surface area contributed by atoms with E-state index in [1.54, 1.807) is 6.07 Å². The molecular weight excluding hydrogens is 454 g/mol. The second-order valence-electron chi connectivity index (χ2n) is 10.8. The highest BCUT2D eigenvalue weighted by molar-refractivity contribution is 5.83. The van der Waals surface area contributed by atoms with Gasteiger partial charge in [0, 0.05) is 30.6 Å². The Hall–Kier alpha value is -2.80. The van der Waals surface area contributed by atoms with Gasteiger partial charge in [0.25, 0.3) is 5.92 Å². The highest BCUT2D eigenvalue weighted by atomic mass is 19.3. The van der Waals surface area contributed by atoms with Gasteiger partial charge in [0.05, 0.1) is 18.0 Å². The van der Waals surface area contributed by atoms with E-state index < -0.39 is 41.8 Å². The number of rotatable bonds is 8. The van der Waals surface area contributed by atoms with E-state index in [0.29, 0.717) is 25.4 Å². The molecule has 188 valence electrons. The second kappa shape index (κ2) is 8.70. The molecule has 2 saturated heterocycles. The topological polar surface area (TPSA) is 115 Å². The van der Waals surface area contributed by atoms with Crippen LogP contribution in [-0.2, 0) is 10.7 Å². The molecule has 2 aliphatic carbocycles. The van der Waals surface area contributed by atoms with E-state index in [1.165, 1.54) is 36.1 Å². The van der Waals surface area contributed by atoms with Crippen molar-refractivity contribution in [1.82, 2.24) is 20.1 Å². The quantitative estimate of drug-likeness (QED) is 0.586. The molecule has 3 N–H and O–H groups in total. The number of nitriles is 1. The summed E-state index contributed by atoms with van der Waals surface area (Å²) in [5.41, 5.74) is 4.07. The van der Waals surface area contributed by atoms with Crippen molar-refractivity contribution < 1.29 is 18.4 Å². The van der Waals surface area contributed by atoms with Crippen LogP contribution in [0.4, 0.5) is 13.6 Å². The highest BCUT2D eigenvalue weighted by Crippen LogP contribution is 2.52. The van der Waals surface area contributed by atoms with E-state index in [4.69, 9.17) is 5.73 Å². The van der Waals surface area contributed by atoms with Crippen LogP contribution >= 0.6 is 0 Å². The number of hydrogen-bond acceptors (Lipinski definition) is 5. The third-order valence-electron chi connectivity index (χ3n) is 8.44. The lowest BCUT2D eigenvalue weighted by Gasteiger charge is -2.62. The van der Waals surface area contributed by atoms with E-state index >= 15 is 8.78 Å². The minimum absolute atomic E-state index is 0.139. The Kier molecular flexibility index (Phi) is 5.94. The number of alkyl halides is 2. The summed E-state index contributed by atoms with van der Waals surface area (Å²) in [5.74, 6) is -4.55. The average molecular weight is 487 g/mol. The molecule has 4 aliphatic rings. The van der Waals surface area contributed by atoms with Crippen LogP contribution in [0.3, 0.4) is 0 Å². The predicted octanol–water partition coefficient (Wildman–Crippen LogP) is 2.75. The van der Waals surface area contributed by atoms with Gasteiger partial charge in [0.2, 0.25) is 5.91 Å². The Morgan fingerprint density at radius 3 is 2.51 bits per heavy atom. The van der Waals surface area contributed by atoms with Gasteiger partial charge >= 0.3 is 6.03 Å². The van der Waals surface area contributed by atoms with Crippen LogP contribution in [0, 0.1) is 22.7 Å². The number of piperidine rings is 1. The number of nitrogens with two attached hydrogens (primary N) is 1. The molecule has 0 bridgehead atoms. The predicted molar refractivity (Wildman–Crippen MR) is 123 cm³/mol. The molecule has 0 aromatic carbocycles. The molecule has 2 atom stereocenters. The van der Waals surface area contributed by atoms with Gasteiger partial charge in [-0.1, -0.05) is 6.07 Å². The first-order valence-corrected chi connectivity index (χ1v) is 12.5. The molecule has 8 nitrogen and oxygen atoms in total. The number of nitrogens with one attached hydrogen (secondary N) is 1. The summed E-state index contributed by atoms with van der Waals surface area (Å²) >= 11 is 0. The van der Waals surface area contributed by atoms with Crippen LogP contribution in [-0.4, -0.2) is 64.0 Å². The summed E-state index contributed by atoms with van der Waals surface area (Å²) in [5, 5.41) is 12.3. The normalized spacial score (nSPS) is 25.9. The Morgan fingerprint density at radius 1 is 1.26 bits per heavy atom. The fraction of sp³-hybridized carbons (Fsp3) is 0.680. The summed E-state index contributed by atoms with van der Waals surface area (Å²) in [7, 11) is 0. The first-order valence-electron chi connectivity index (χ1n) is 12.5. The molecule has 3 heterocycles. The van der Waals surface area contributed by atoms with E-state index in [-0.39, 0.29) is 17.5 Å². The molecule has 4 fully saturated rings. The highest BCUT2D eigenvalue weighted by Gasteiger charge is 2.60. The third kappa shape index (κ3) is 4.58. The molecule has 1 aromatic heterocycles. The maximum atomic E-state index is 15.1. The summed E-state index contributed by atoms with van der Waals surface area (Å²) in [6.45, 7) is 2.18. The van der Waals surface area contributed by atoms with Crippen LogP contribution in [0.5, 0.6) is 0 Å². The van der Waals surface area contributed by atoms with E-state index in [1.807, 2.05) is 0 Å². The molecule has 2 saturated carbocycles. The number of primary amides is 1. The second-order valence-corrected chi connectivity index (χ2v) is 10.8. The SMILES string of the molecule is N#CC1(NC(=O)[C@@H](CCC(F)(F)c2ccccn2)C2N(C(N)=O)CC23CCN(C2CC2)CC3)CC1. The molecule has 3 amide bonds. The van der Waals surface area contributed by atoms with Crippen molar-refractivity contribution in [2.75, 3.05) is 19.6 Å². The van der Waals surface area contributed by atoms with Gasteiger partial charge < -0.3 is 20.9 Å². The van der Waals surface area contributed by atoms with Crippen molar-refractivity contribution in [2.24, 2.45) is 17.1 Å². The number of hydrogen-bond donors (Lipinski definition) is 2. The van der Waals surface area contributed by atoms with Crippen LogP contribution in [0.2, 0.25) is 0 Å². The largest absolute Gasteiger partial charge is 0.351 e. The minimum atomic E-state index is -3.23. The van der Waals surface area contributed by atoms with Crippen molar-refractivity contribution in [1.29, 1.82) is 5.26 Å².